The Morgan fingerprint density at radius 3 is 2.32 bits per heavy atom. The summed E-state index contributed by atoms with van der Waals surface area (Å²) in [4.78, 5) is 11.9. The summed E-state index contributed by atoms with van der Waals surface area (Å²) in [6, 6.07) is 6.21. The van der Waals surface area contributed by atoms with Crippen molar-refractivity contribution in [3.63, 3.8) is 0 Å². The second-order valence-electron chi connectivity index (χ2n) is 4.87. The van der Waals surface area contributed by atoms with Gasteiger partial charge in [0.1, 0.15) is 11.5 Å². The molecule has 4 nitrogen and oxygen atoms in total. The van der Waals surface area contributed by atoms with Gasteiger partial charge in [0, 0.05) is 0 Å². The van der Waals surface area contributed by atoms with Gasteiger partial charge in [-0.05, 0) is 62.4 Å². The summed E-state index contributed by atoms with van der Waals surface area (Å²) in [5.41, 5.74) is 5.62. The summed E-state index contributed by atoms with van der Waals surface area (Å²) < 4.78 is 5.30. The molecule has 0 saturated heterocycles. The van der Waals surface area contributed by atoms with Crippen LogP contribution in [0.1, 0.15) is 25.7 Å². The number of esters is 1. The monoisotopic (exact) mass is 285 g/mol. The van der Waals surface area contributed by atoms with Crippen molar-refractivity contribution in [1.82, 2.24) is 0 Å². The SMILES string of the molecule is Cl.NC[C@H]1CC[C@H](C(=O)Oc2ccc(O)cc2)CC1. The third-order valence-electron chi connectivity index (χ3n) is 3.57. The van der Waals surface area contributed by atoms with Gasteiger partial charge in [-0.1, -0.05) is 0 Å². The lowest BCUT2D eigenvalue weighted by molar-refractivity contribution is -0.140. The lowest BCUT2D eigenvalue weighted by Gasteiger charge is -2.26. The number of phenolic OH excluding ortho intramolecular Hbond substituents is 1. The highest BCUT2D eigenvalue weighted by molar-refractivity contribution is 5.85. The summed E-state index contributed by atoms with van der Waals surface area (Å²) in [6.45, 7) is 0.708. The van der Waals surface area contributed by atoms with Crippen molar-refractivity contribution in [3.8, 4) is 11.5 Å². The number of phenols is 1. The molecule has 106 valence electrons. The maximum atomic E-state index is 11.9. The molecule has 1 fully saturated rings. The van der Waals surface area contributed by atoms with Crippen LogP contribution in [0.25, 0.3) is 0 Å². The van der Waals surface area contributed by atoms with Crippen LogP contribution in [0.3, 0.4) is 0 Å². The maximum absolute atomic E-state index is 11.9. The normalized spacial score (nSPS) is 22.4. The lowest BCUT2D eigenvalue weighted by atomic mass is 9.82. The highest BCUT2D eigenvalue weighted by Gasteiger charge is 2.27. The molecule has 0 unspecified atom stereocenters. The van der Waals surface area contributed by atoms with Crippen molar-refractivity contribution in [2.75, 3.05) is 6.54 Å². The first-order valence-corrected chi connectivity index (χ1v) is 6.40. The third-order valence-corrected chi connectivity index (χ3v) is 3.57. The first kappa shape index (κ1) is 15.8. The molecular formula is C14H20ClNO3. The summed E-state index contributed by atoms with van der Waals surface area (Å²) in [7, 11) is 0. The number of halogens is 1. The smallest absolute Gasteiger partial charge is 0.314 e. The summed E-state index contributed by atoms with van der Waals surface area (Å²) >= 11 is 0. The molecule has 0 bridgehead atoms. The van der Waals surface area contributed by atoms with E-state index in [9.17, 15) is 4.79 Å². The molecule has 0 aromatic heterocycles. The predicted octanol–water partition coefficient (Wildman–Crippen LogP) is 2.48. The van der Waals surface area contributed by atoms with Gasteiger partial charge in [0.25, 0.3) is 0 Å². The van der Waals surface area contributed by atoms with Gasteiger partial charge in [0.15, 0.2) is 0 Å². The summed E-state index contributed by atoms with van der Waals surface area (Å²) in [5, 5.41) is 9.14. The Morgan fingerprint density at radius 2 is 1.79 bits per heavy atom. The molecule has 0 amide bonds. The number of carbonyl (C=O) groups excluding carboxylic acids is 1. The number of hydrogen-bond acceptors (Lipinski definition) is 4. The second kappa shape index (κ2) is 7.36. The first-order chi connectivity index (χ1) is 8.69. The molecule has 5 heteroatoms. The Balaban J connectivity index is 0.00000180. The van der Waals surface area contributed by atoms with E-state index < -0.39 is 0 Å². The van der Waals surface area contributed by atoms with Gasteiger partial charge in [-0.15, -0.1) is 12.4 Å². The molecule has 0 aliphatic heterocycles. The molecule has 1 aliphatic rings. The van der Waals surface area contributed by atoms with Gasteiger partial charge in [0.2, 0.25) is 0 Å². The molecule has 19 heavy (non-hydrogen) atoms. The molecular weight excluding hydrogens is 266 g/mol. The van der Waals surface area contributed by atoms with E-state index in [0.29, 0.717) is 18.2 Å². The first-order valence-electron chi connectivity index (χ1n) is 6.40. The zero-order chi connectivity index (χ0) is 13.0. The van der Waals surface area contributed by atoms with Crippen molar-refractivity contribution in [1.29, 1.82) is 0 Å². The molecule has 3 N–H and O–H groups in total. The minimum absolute atomic E-state index is 0. The molecule has 1 aromatic rings. The second-order valence-corrected chi connectivity index (χ2v) is 4.87. The Labute approximate surface area is 119 Å². The van der Waals surface area contributed by atoms with E-state index >= 15 is 0 Å². The highest BCUT2D eigenvalue weighted by Crippen LogP contribution is 2.29. The largest absolute Gasteiger partial charge is 0.508 e. The number of hydrogen-bond donors (Lipinski definition) is 2. The fraction of sp³-hybridized carbons (Fsp3) is 0.500. The fourth-order valence-electron chi connectivity index (χ4n) is 2.35. The Bertz CT molecular complexity index is 400. The van der Waals surface area contributed by atoms with E-state index in [4.69, 9.17) is 15.6 Å². The van der Waals surface area contributed by atoms with Crippen molar-refractivity contribution < 1.29 is 14.6 Å². The third kappa shape index (κ3) is 4.40. The molecule has 0 atom stereocenters. The van der Waals surface area contributed by atoms with Gasteiger partial charge >= 0.3 is 5.97 Å². The van der Waals surface area contributed by atoms with Crippen LogP contribution in [-0.2, 0) is 4.79 Å². The topological polar surface area (TPSA) is 72.6 Å². The van der Waals surface area contributed by atoms with Crippen LogP contribution in [0.5, 0.6) is 11.5 Å². The number of carbonyl (C=O) groups is 1. The fourth-order valence-corrected chi connectivity index (χ4v) is 2.35. The molecule has 2 rings (SSSR count). The zero-order valence-electron chi connectivity index (χ0n) is 10.7. The van der Waals surface area contributed by atoms with Gasteiger partial charge in [-0.3, -0.25) is 4.79 Å². The van der Waals surface area contributed by atoms with Crippen LogP contribution in [-0.4, -0.2) is 17.6 Å². The van der Waals surface area contributed by atoms with Crippen LogP contribution < -0.4 is 10.5 Å². The van der Waals surface area contributed by atoms with Gasteiger partial charge < -0.3 is 15.6 Å². The van der Waals surface area contributed by atoms with Crippen LogP contribution in [0, 0.1) is 11.8 Å². The van der Waals surface area contributed by atoms with Crippen molar-refractivity contribution in [3.05, 3.63) is 24.3 Å². The van der Waals surface area contributed by atoms with E-state index in [1.54, 1.807) is 12.1 Å². The summed E-state index contributed by atoms with van der Waals surface area (Å²) in [6.07, 6.45) is 3.73. The zero-order valence-corrected chi connectivity index (χ0v) is 11.6. The van der Waals surface area contributed by atoms with E-state index in [1.807, 2.05) is 0 Å². The van der Waals surface area contributed by atoms with E-state index in [2.05, 4.69) is 0 Å². The Hall–Kier alpha value is -1.26. The standard InChI is InChI=1S/C14H19NO3.ClH/c15-9-10-1-3-11(4-2-10)14(17)18-13-7-5-12(16)6-8-13;/h5-8,10-11,16H,1-4,9,15H2;1H/t10-,11-;. The Morgan fingerprint density at radius 1 is 1.21 bits per heavy atom. The number of ether oxygens (including phenoxy) is 1. The number of rotatable bonds is 3. The van der Waals surface area contributed by atoms with Gasteiger partial charge in [-0.25, -0.2) is 0 Å². The van der Waals surface area contributed by atoms with E-state index in [0.717, 1.165) is 25.7 Å². The number of benzene rings is 1. The molecule has 1 aromatic carbocycles. The highest BCUT2D eigenvalue weighted by atomic mass is 35.5. The maximum Gasteiger partial charge on any atom is 0.314 e. The van der Waals surface area contributed by atoms with Gasteiger partial charge in [-0.2, -0.15) is 0 Å². The quantitative estimate of drug-likeness (QED) is 0.661. The van der Waals surface area contributed by atoms with Crippen molar-refractivity contribution >= 4 is 18.4 Å². The molecule has 1 saturated carbocycles. The van der Waals surface area contributed by atoms with Gasteiger partial charge in [0.05, 0.1) is 5.92 Å². The minimum Gasteiger partial charge on any atom is -0.508 e. The lowest BCUT2D eigenvalue weighted by Crippen LogP contribution is -2.28. The van der Waals surface area contributed by atoms with Crippen molar-refractivity contribution in [2.45, 2.75) is 25.7 Å². The van der Waals surface area contributed by atoms with Crippen LogP contribution >= 0.6 is 12.4 Å². The average molecular weight is 286 g/mol. The van der Waals surface area contributed by atoms with Crippen LogP contribution in [0.15, 0.2) is 24.3 Å². The molecule has 0 spiro atoms. The van der Waals surface area contributed by atoms with Crippen LogP contribution in [0.2, 0.25) is 0 Å². The number of aromatic hydroxyl groups is 1. The Kier molecular flexibility index (Phi) is 6.12. The molecule has 1 aliphatic carbocycles. The average Bonchev–Trinajstić information content (AvgIpc) is 2.41. The van der Waals surface area contributed by atoms with Crippen molar-refractivity contribution in [2.24, 2.45) is 17.6 Å². The molecule has 0 heterocycles. The van der Waals surface area contributed by atoms with E-state index in [1.165, 1.54) is 12.1 Å². The van der Waals surface area contributed by atoms with E-state index in [-0.39, 0.29) is 30.0 Å². The number of nitrogens with two attached hydrogens (primary N) is 1. The molecule has 0 radical (unpaired) electrons. The van der Waals surface area contributed by atoms with Crippen LogP contribution in [0.4, 0.5) is 0 Å². The predicted molar refractivity (Wildman–Crippen MR) is 75.5 cm³/mol. The minimum atomic E-state index is -0.170. The summed E-state index contributed by atoms with van der Waals surface area (Å²) in [5.74, 6) is 1.03.